The zero-order valence-electron chi connectivity index (χ0n) is 10.4. The van der Waals surface area contributed by atoms with Gasteiger partial charge in [0.25, 0.3) is 0 Å². The maximum absolute atomic E-state index is 11.5. The Hall–Kier alpha value is -2.35. The van der Waals surface area contributed by atoms with E-state index in [1.165, 1.54) is 0 Å². The largest absolute Gasteiger partial charge is 0.480 e. The van der Waals surface area contributed by atoms with Crippen LogP contribution in [-0.2, 0) is 21.4 Å². The van der Waals surface area contributed by atoms with E-state index in [1.54, 1.807) is 36.9 Å². The minimum atomic E-state index is -3.88. The third-order valence-corrected chi connectivity index (χ3v) is 3.61. The molecule has 2 aromatic rings. The molecule has 106 valence electrons. The van der Waals surface area contributed by atoms with Crippen LogP contribution < -0.4 is 4.72 Å². The molecule has 0 aliphatic heterocycles. The van der Waals surface area contributed by atoms with E-state index in [-0.39, 0.29) is 0 Å². The summed E-state index contributed by atoms with van der Waals surface area (Å²) >= 11 is 0. The first-order chi connectivity index (χ1) is 9.44. The van der Waals surface area contributed by atoms with Crippen molar-refractivity contribution in [1.29, 1.82) is 0 Å². The summed E-state index contributed by atoms with van der Waals surface area (Å²) < 4.78 is 27.1. The van der Waals surface area contributed by atoms with Crippen LogP contribution in [0.5, 0.6) is 0 Å². The van der Waals surface area contributed by atoms with E-state index in [0.29, 0.717) is 12.2 Å². The molecule has 0 atom stereocenters. The Morgan fingerprint density at radius 2 is 2.20 bits per heavy atom. The molecular formula is C12H13N3O4S. The summed E-state index contributed by atoms with van der Waals surface area (Å²) in [6, 6.07) is 6.76. The molecule has 2 rings (SSSR count). The van der Waals surface area contributed by atoms with Crippen LogP contribution in [0.1, 0.15) is 5.56 Å². The Labute approximate surface area is 115 Å². The molecule has 0 aliphatic carbocycles. The van der Waals surface area contributed by atoms with Gasteiger partial charge in [0.05, 0.1) is 6.33 Å². The number of aromatic nitrogens is 2. The van der Waals surface area contributed by atoms with Crippen molar-refractivity contribution < 1.29 is 18.3 Å². The molecule has 0 bridgehead atoms. The summed E-state index contributed by atoms with van der Waals surface area (Å²) in [5, 5.41) is 8.52. The lowest BCUT2D eigenvalue weighted by Crippen LogP contribution is -2.22. The number of hydrogen-bond acceptors (Lipinski definition) is 4. The zero-order valence-corrected chi connectivity index (χ0v) is 11.2. The number of carboxylic acid groups (broad SMARTS) is 1. The number of rotatable bonds is 6. The molecule has 0 saturated carbocycles. The lowest BCUT2D eigenvalue weighted by atomic mass is 10.2. The van der Waals surface area contributed by atoms with E-state index in [0.717, 1.165) is 5.56 Å². The van der Waals surface area contributed by atoms with Gasteiger partial charge in [0.2, 0.25) is 10.0 Å². The Bertz CT molecular complexity index is 695. The maximum Gasteiger partial charge on any atom is 0.320 e. The predicted octanol–water partition coefficient (Wildman–Crippen LogP) is 0.758. The molecule has 0 radical (unpaired) electrons. The van der Waals surface area contributed by atoms with Crippen molar-refractivity contribution in [3.05, 3.63) is 48.5 Å². The van der Waals surface area contributed by atoms with Crippen LogP contribution in [0.25, 0.3) is 0 Å². The lowest BCUT2D eigenvalue weighted by molar-refractivity contribution is -0.134. The highest BCUT2D eigenvalue weighted by Crippen LogP contribution is 2.13. The van der Waals surface area contributed by atoms with E-state index < -0.39 is 21.7 Å². The number of imidazole rings is 1. The Morgan fingerprint density at radius 3 is 2.85 bits per heavy atom. The third kappa shape index (κ3) is 4.09. The SMILES string of the molecule is O=C(O)CS(=O)(=O)Nc1cccc(Cn2ccnc2)c1. The molecule has 7 nitrogen and oxygen atoms in total. The van der Waals surface area contributed by atoms with Crippen LogP contribution in [0.15, 0.2) is 43.0 Å². The fourth-order valence-corrected chi connectivity index (χ4v) is 2.59. The second kappa shape index (κ2) is 5.74. The van der Waals surface area contributed by atoms with Crippen molar-refractivity contribution in [2.45, 2.75) is 6.54 Å². The first-order valence-electron chi connectivity index (χ1n) is 5.71. The van der Waals surface area contributed by atoms with Gasteiger partial charge >= 0.3 is 5.97 Å². The van der Waals surface area contributed by atoms with Gasteiger partial charge in [-0.15, -0.1) is 0 Å². The summed E-state index contributed by atoms with van der Waals surface area (Å²) in [6.45, 7) is 0.550. The van der Waals surface area contributed by atoms with E-state index in [1.807, 2.05) is 10.6 Å². The van der Waals surface area contributed by atoms with Crippen molar-refractivity contribution in [2.75, 3.05) is 10.5 Å². The predicted molar refractivity (Wildman–Crippen MR) is 72.8 cm³/mol. The molecule has 0 unspecified atom stereocenters. The number of benzene rings is 1. The second-order valence-corrected chi connectivity index (χ2v) is 5.91. The highest BCUT2D eigenvalue weighted by atomic mass is 32.2. The Kier molecular flexibility index (Phi) is 4.04. The molecule has 8 heteroatoms. The standard InChI is InChI=1S/C12H13N3O4S/c16-12(17)8-20(18,19)14-11-3-1-2-10(6-11)7-15-5-4-13-9-15/h1-6,9,14H,7-8H2,(H,16,17). The van der Waals surface area contributed by atoms with E-state index in [9.17, 15) is 13.2 Å². The van der Waals surface area contributed by atoms with Crippen molar-refractivity contribution in [3.63, 3.8) is 0 Å². The summed E-state index contributed by atoms with van der Waals surface area (Å²) in [5.41, 5.74) is 1.21. The van der Waals surface area contributed by atoms with Crippen LogP contribution in [0.3, 0.4) is 0 Å². The Balaban J connectivity index is 2.12. The van der Waals surface area contributed by atoms with Crippen LogP contribution >= 0.6 is 0 Å². The maximum atomic E-state index is 11.5. The summed E-state index contributed by atoms with van der Waals surface area (Å²) in [4.78, 5) is 14.4. The fraction of sp³-hybridized carbons (Fsp3) is 0.167. The lowest BCUT2D eigenvalue weighted by Gasteiger charge is -2.08. The zero-order chi connectivity index (χ0) is 14.6. The molecule has 1 heterocycles. The van der Waals surface area contributed by atoms with Gasteiger partial charge in [-0.2, -0.15) is 0 Å². The van der Waals surface area contributed by atoms with Crippen LogP contribution in [0.4, 0.5) is 5.69 Å². The number of carboxylic acids is 1. The minimum absolute atomic E-state index is 0.337. The number of sulfonamides is 1. The van der Waals surface area contributed by atoms with E-state index in [2.05, 4.69) is 9.71 Å². The number of aliphatic carboxylic acids is 1. The van der Waals surface area contributed by atoms with Crippen molar-refractivity contribution >= 4 is 21.7 Å². The van der Waals surface area contributed by atoms with Gasteiger partial charge in [-0.05, 0) is 17.7 Å². The van der Waals surface area contributed by atoms with Crippen molar-refractivity contribution in [2.24, 2.45) is 0 Å². The second-order valence-electron chi connectivity index (χ2n) is 4.19. The van der Waals surface area contributed by atoms with Gasteiger partial charge in [0, 0.05) is 24.6 Å². The van der Waals surface area contributed by atoms with Gasteiger partial charge in [0.1, 0.15) is 0 Å². The summed E-state index contributed by atoms with van der Waals surface area (Å²) in [7, 11) is -3.88. The normalized spacial score (nSPS) is 11.2. The Morgan fingerprint density at radius 1 is 1.40 bits per heavy atom. The molecule has 0 aliphatic rings. The topological polar surface area (TPSA) is 101 Å². The quantitative estimate of drug-likeness (QED) is 0.819. The van der Waals surface area contributed by atoms with Crippen LogP contribution in [-0.4, -0.2) is 34.8 Å². The average Bonchev–Trinajstić information content (AvgIpc) is 2.79. The van der Waals surface area contributed by atoms with Gasteiger partial charge in [-0.25, -0.2) is 13.4 Å². The number of nitrogens with one attached hydrogen (secondary N) is 1. The van der Waals surface area contributed by atoms with Gasteiger partial charge in [-0.3, -0.25) is 9.52 Å². The number of anilines is 1. The highest BCUT2D eigenvalue weighted by molar-refractivity contribution is 7.93. The number of hydrogen-bond donors (Lipinski definition) is 2. The molecular weight excluding hydrogens is 282 g/mol. The highest BCUT2D eigenvalue weighted by Gasteiger charge is 2.15. The van der Waals surface area contributed by atoms with Crippen LogP contribution in [0.2, 0.25) is 0 Å². The number of nitrogens with zero attached hydrogens (tertiary/aromatic N) is 2. The minimum Gasteiger partial charge on any atom is -0.480 e. The fourth-order valence-electron chi connectivity index (χ4n) is 1.70. The molecule has 0 fully saturated rings. The summed E-state index contributed by atoms with van der Waals surface area (Å²) in [6.07, 6.45) is 5.10. The smallest absolute Gasteiger partial charge is 0.320 e. The molecule has 0 spiro atoms. The van der Waals surface area contributed by atoms with Gasteiger partial charge in [0.15, 0.2) is 5.75 Å². The number of carbonyl (C=O) groups is 1. The average molecular weight is 295 g/mol. The van der Waals surface area contributed by atoms with E-state index >= 15 is 0 Å². The van der Waals surface area contributed by atoms with E-state index in [4.69, 9.17) is 5.11 Å². The molecule has 0 saturated heterocycles. The van der Waals surface area contributed by atoms with Crippen molar-refractivity contribution in [1.82, 2.24) is 9.55 Å². The van der Waals surface area contributed by atoms with Crippen LogP contribution in [0, 0.1) is 0 Å². The molecule has 20 heavy (non-hydrogen) atoms. The van der Waals surface area contributed by atoms with Gasteiger partial charge < -0.3 is 9.67 Å². The molecule has 2 N–H and O–H groups in total. The monoisotopic (exact) mass is 295 g/mol. The first-order valence-corrected chi connectivity index (χ1v) is 7.37. The summed E-state index contributed by atoms with van der Waals surface area (Å²) in [5.74, 6) is -2.36. The molecule has 0 amide bonds. The third-order valence-electron chi connectivity index (χ3n) is 2.44. The molecule has 1 aromatic heterocycles. The van der Waals surface area contributed by atoms with Crippen molar-refractivity contribution in [3.8, 4) is 0 Å². The first kappa shape index (κ1) is 14.1. The van der Waals surface area contributed by atoms with Gasteiger partial charge in [-0.1, -0.05) is 12.1 Å². The molecule has 1 aromatic carbocycles.